The number of para-hydroxylation sites is 1. The second kappa shape index (κ2) is 6.48. The number of amides is 2. The van der Waals surface area contributed by atoms with Crippen molar-refractivity contribution in [1.82, 2.24) is 20.0 Å². The minimum absolute atomic E-state index is 0.152. The van der Waals surface area contributed by atoms with Crippen molar-refractivity contribution in [2.75, 3.05) is 6.54 Å². The standard InChI is InChI=1S/C17H18N4O2/c1-2-16(22)20-10-9-15(20)17(23)18-12-13-8-11-21(19-13)14-6-4-3-5-7-14/h2-8,11,15H,1,9-10,12H2,(H,18,23). The molecule has 0 aliphatic carbocycles. The van der Waals surface area contributed by atoms with Crippen molar-refractivity contribution in [3.05, 3.63) is 60.9 Å². The molecule has 6 heteroatoms. The van der Waals surface area contributed by atoms with Gasteiger partial charge in [0.25, 0.3) is 0 Å². The normalized spacial score (nSPS) is 16.5. The quantitative estimate of drug-likeness (QED) is 0.846. The molecule has 1 atom stereocenters. The Bertz CT molecular complexity index is 723. The first-order valence-electron chi connectivity index (χ1n) is 7.50. The van der Waals surface area contributed by atoms with Crippen molar-refractivity contribution in [3.63, 3.8) is 0 Å². The van der Waals surface area contributed by atoms with E-state index in [1.165, 1.54) is 11.0 Å². The van der Waals surface area contributed by atoms with Gasteiger partial charge in [-0.1, -0.05) is 24.8 Å². The molecule has 2 aromatic rings. The summed E-state index contributed by atoms with van der Waals surface area (Å²) in [4.78, 5) is 25.2. The topological polar surface area (TPSA) is 67.2 Å². The number of rotatable bonds is 5. The van der Waals surface area contributed by atoms with Crippen LogP contribution < -0.4 is 5.32 Å². The molecule has 0 radical (unpaired) electrons. The number of nitrogens with one attached hydrogen (secondary N) is 1. The van der Waals surface area contributed by atoms with Gasteiger partial charge in [-0.15, -0.1) is 0 Å². The Morgan fingerprint density at radius 1 is 1.30 bits per heavy atom. The van der Waals surface area contributed by atoms with Crippen molar-refractivity contribution in [2.24, 2.45) is 0 Å². The zero-order valence-electron chi connectivity index (χ0n) is 12.7. The van der Waals surface area contributed by atoms with Crippen molar-refractivity contribution in [3.8, 4) is 5.69 Å². The largest absolute Gasteiger partial charge is 0.349 e. The molecule has 0 spiro atoms. The van der Waals surface area contributed by atoms with Crippen LogP contribution in [0.5, 0.6) is 0 Å². The fourth-order valence-corrected chi connectivity index (χ4v) is 2.52. The summed E-state index contributed by atoms with van der Waals surface area (Å²) in [5, 5.41) is 7.26. The van der Waals surface area contributed by atoms with Crippen molar-refractivity contribution in [1.29, 1.82) is 0 Å². The number of nitrogens with zero attached hydrogens (tertiary/aromatic N) is 3. The van der Waals surface area contributed by atoms with Gasteiger partial charge < -0.3 is 10.2 Å². The van der Waals surface area contributed by atoms with Crippen LogP contribution in [-0.2, 0) is 16.1 Å². The van der Waals surface area contributed by atoms with Gasteiger partial charge in [-0.2, -0.15) is 5.10 Å². The van der Waals surface area contributed by atoms with Crippen LogP contribution in [-0.4, -0.2) is 39.1 Å². The Labute approximate surface area is 134 Å². The van der Waals surface area contributed by atoms with E-state index >= 15 is 0 Å². The first kappa shape index (κ1) is 15.0. The van der Waals surface area contributed by atoms with E-state index in [0.29, 0.717) is 19.5 Å². The van der Waals surface area contributed by atoms with E-state index in [4.69, 9.17) is 0 Å². The third-order valence-electron chi connectivity index (χ3n) is 3.89. The fourth-order valence-electron chi connectivity index (χ4n) is 2.52. The zero-order chi connectivity index (χ0) is 16.2. The predicted molar refractivity (Wildman–Crippen MR) is 85.7 cm³/mol. The molecule has 1 saturated heterocycles. The van der Waals surface area contributed by atoms with Gasteiger partial charge in [-0.25, -0.2) is 4.68 Å². The Hall–Kier alpha value is -2.89. The number of benzene rings is 1. The molecule has 118 valence electrons. The lowest BCUT2D eigenvalue weighted by Gasteiger charge is -2.38. The van der Waals surface area contributed by atoms with Gasteiger partial charge in [-0.3, -0.25) is 9.59 Å². The van der Waals surface area contributed by atoms with Crippen LogP contribution in [0.4, 0.5) is 0 Å². The highest BCUT2D eigenvalue weighted by molar-refractivity contribution is 5.94. The second-order valence-electron chi connectivity index (χ2n) is 5.35. The van der Waals surface area contributed by atoms with E-state index in [-0.39, 0.29) is 11.8 Å². The molecule has 1 aliphatic rings. The molecule has 1 N–H and O–H groups in total. The minimum Gasteiger partial charge on any atom is -0.349 e. The van der Waals surface area contributed by atoms with Crippen LogP contribution in [0, 0.1) is 0 Å². The predicted octanol–water partition coefficient (Wildman–Crippen LogP) is 1.28. The second-order valence-corrected chi connectivity index (χ2v) is 5.35. The summed E-state index contributed by atoms with van der Waals surface area (Å²) in [6, 6.07) is 11.2. The van der Waals surface area contributed by atoms with E-state index in [1.54, 1.807) is 4.68 Å². The third kappa shape index (κ3) is 3.15. The lowest BCUT2D eigenvalue weighted by molar-refractivity contribution is -0.143. The number of aromatic nitrogens is 2. The molecule has 1 aromatic carbocycles. The van der Waals surface area contributed by atoms with Crippen LogP contribution in [0.15, 0.2) is 55.3 Å². The van der Waals surface area contributed by atoms with Gasteiger partial charge in [0.05, 0.1) is 17.9 Å². The Kier molecular flexibility index (Phi) is 4.23. The lowest BCUT2D eigenvalue weighted by Crippen LogP contribution is -2.57. The van der Waals surface area contributed by atoms with Gasteiger partial charge >= 0.3 is 0 Å². The van der Waals surface area contributed by atoms with Crippen LogP contribution in [0.25, 0.3) is 5.69 Å². The third-order valence-corrected chi connectivity index (χ3v) is 3.89. The van der Waals surface area contributed by atoms with E-state index in [2.05, 4.69) is 17.0 Å². The Morgan fingerprint density at radius 3 is 2.74 bits per heavy atom. The monoisotopic (exact) mass is 310 g/mol. The first-order chi connectivity index (χ1) is 11.2. The molecule has 1 fully saturated rings. The summed E-state index contributed by atoms with van der Waals surface area (Å²) in [6.07, 6.45) is 3.78. The molecular formula is C17H18N4O2. The molecule has 6 nitrogen and oxygen atoms in total. The molecule has 2 heterocycles. The average Bonchev–Trinajstić information content (AvgIpc) is 3.01. The lowest BCUT2D eigenvalue weighted by atomic mass is 10.0. The first-order valence-corrected chi connectivity index (χ1v) is 7.50. The molecule has 1 aliphatic heterocycles. The molecule has 0 bridgehead atoms. The maximum absolute atomic E-state index is 12.1. The summed E-state index contributed by atoms with van der Waals surface area (Å²) in [7, 11) is 0. The van der Waals surface area contributed by atoms with Crippen molar-refractivity contribution in [2.45, 2.75) is 19.0 Å². The maximum atomic E-state index is 12.1. The summed E-state index contributed by atoms with van der Waals surface area (Å²) in [5.74, 6) is -0.356. The summed E-state index contributed by atoms with van der Waals surface area (Å²) < 4.78 is 1.76. The van der Waals surface area contributed by atoms with Crippen LogP contribution in [0.1, 0.15) is 12.1 Å². The zero-order valence-corrected chi connectivity index (χ0v) is 12.7. The van der Waals surface area contributed by atoms with E-state index in [1.807, 2.05) is 42.6 Å². The highest BCUT2D eigenvalue weighted by Gasteiger charge is 2.36. The SMILES string of the molecule is C=CC(=O)N1CCC1C(=O)NCc1ccn(-c2ccccc2)n1. The molecule has 2 amide bonds. The minimum atomic E-state index is -0.392. The molecule has 23 heavy (non-hydrogen) atoms. The number of carbonyl (C=O) groups is 2. The average molecular weight is 310 g/mol. The fraction of sp³-hybridized carbons (Fsp3) is 0.235. The van der Waals surface area contributed by atoms with Gasteiger partial charge in [0.2, 0.25) is 11.8 Å². The molecular weight excluding hydrogens is 292 g/mol. The van der Waals surface area contributed by atoms with Crippen molar-refractivity contribution >= 4 is 11.8 Å². The summed E-state index contributed by atoms with van der Waals surface area (Å²) in [6.45, 7) is 4.39. The summed E-state index contributed by atoms with van der Waals surface area (Å²) in [5.41, 5.74) is 1.73. The van der Waals surface area contributed by atoms with E-state index in [9.17, 15) is 9.59 Å². The van der Waals surface area contributed by atoms with Gasteiger partial charge in [-0.05, 0) is 30.7 Å². The van der Waals surface area contributed by atoms with E-state index < -0.39 is 6.04 Å². The molecule has 3 rings (SSSR count). The Morgan fingerprint density at radius 2 is 2.09 bits per heavy atom. The number of carbonyl (C=O) groups excluding carboxylic acids is 2. The van der Waals surface area contributed by atoms with Gasteiger partial charge in [0.15, 0.2) is 0 Å². The molecule has 0 saturated carbocycles. The van der Waals surface area contributed by atoms with Crippen LogP contribution in [0.2, 0.25) is 0 Å². The van der Waals surface area contributed by atoms with Gasteiger partial charge in [0, 0.05) is 12.7 Å². The number of likely N-dealkylation sites (tertiary alicyclic amines) is 1. The molecule has 1 aromatic heterocycles. The molecule has 1 unspecified atom stereocenters. The highest BCUT2D eigenvalue weighted by Crippen LogP contribution is 2.18. The number of hydrogen-bond donors (Lipinski definition) is 1. The van der Waals surface area contributed by atoms with Gasteiger partial charge in [0.1, 0.15) is 6.04 Å². The smallest absolute Gasteiger partial charge is 0.246 e. The Balaban J connectivity index is 1.57. The van der Waals surface area contributed by atoms with Crippen molar-refractivity contribution < 1.29 is 9.59 Å². The van der Waals surface area contributed by atoms with E-state index in [0.717, 1.165) is 11.4 Å². The van der Waals surface area contributed by atoms with Crippen LogP contribution >= 0.6 is 0 Å². The summed E-state index contributed by atoms with van der Waals surface area (Å²) >= 11 is 0. The highest BCUT2D eigenvalue weighted by atomic mass is 16.2. The maximum Gasteiger partial charge on any atom is 0.246 e. The number of hydrogen-bond acceptors (Lipinski definition) is 3. The van der Waals surface area contributed by atoms with Crippen LogP contribution in [0.3, 0.4) is 0 Å².